The van der Waals surface area contributed by atoms with Crippen LogP contribution in [-0.4, -0.2) is 22.0 Å². The van der Waals surface area contributed by atoms with E-state index in [1.807, 2.05) is 12.1 Å². The quantitative estimate of drug-likeness (QED) is 0.859. The zero-order valence-electron chi connectivity index (χ0n) is 11.6. The topological polar surface area (TPSA) is 58.2 Å². The number of halogens is 1. The lowest BCUT2D eigenvalue weighted by Crippen LogP contribution is -2.25. The van der Waals surface area contributed by atoms with Gasteiger partial charge in [-0.3, -0.25) is 0 Å². The van der Waals surface area contributed by atoms with Crippen LogP contribution in [0.1, 0.15) is 5.56 Å². The molecule has 2 N–H and O–H groups in total. The molecule has 21 heavy (non-hydrogen) atoms. The van der Waals surface area contributed by atoms with Gasteiger partial charge in [-0.2, -0.15) is 0 Å². The molecule has 0 atom stereocenters. The molecule has 0 saturated carbocycles. The number of nitrogens with one attached hydrogen (secondary N) is 2. The molecule has 0 aromatic heterocycles. The zero-order valence-corrected chi connectivity index (χ0v) is 13.2. The van der Waals surface area contributed by atoms with E-state index in [-0.39, 0.29) is 4.90 Å². The van der Waals surface area contributed by atoms with E-state index < -0.39 is 10.0 Å². The predicted octanol–water partition coefficient (Wildman–Crippen LogP) is 2.90. The highest BCUT2D eigenvalue weighted by Crippen LogP contribution is 2.14. The summed E-state index contributed by atoms with van der Waals surface area (Å²) >= 11 is 5.81. The van der Waals surface area contributed by atoms with Crippen molar-refractivity contribution in [1.29, 1.82) is 0 Å². The Hall–Kier alpha value is -1.56. The summed E-state index contributed by atoms with van der Waals surface area (Å²) in [6.45, 7) is 0.345. The number of rotatable bonds is 6. The van der Waals surface area contributed by atoms with E-state index in [4.69, 9.17) is 11.6 Å². The maximum atomic E-state index is 12.1. The van der Waals surface area contributed by atoms with Crippen molar-refractivity contribution in [3.8, 4) is 0 Å². The van der Waals surface area contributed by atoms with Gasteiger partial charge in [-0.15, -0.1) is 0 Å². The maximum Gasteiger partial charge on any atom is 0.240 e. The number of sulfonamides is 1. The summed E-state index contributed by atoms with van der Waals surface area (Å²) in [5.41, 5.74) is 1.91. The Kier molecular flexibility index (Phi) is 5.22. The molecule has 0 bridgehead atoms. The Labute approximate surface area is 130 Å². The Morgan fingerprint density at radius 1 is 1.00 bits per heavy atom. The van der Waals surface area contributed by atoms with Crippen molar-refractivity contribution in [1.82, 2.24) is 4.72 Å². The minimum atomic E-state index is -3.47. The first-order valence-corrected chi connectivity index (χ1v) is 8.39. The summed E-state index contributed by atoms with van der Waals surface area (Å²) in [5, 5.41) is 3.62. The van der Waals surface area contributed by atoms with Crippen LogP contribution < -0.4 is 10.0 Å². The highest BCUT2D eigenvalue weighted by atomic mass is 35.5. The highest BCUT2D eigenvalue weighted by Gasteiger charge is 2.12. The average Bonchev–Trinajstić information content (AvgIpc) is 2.49. The van der Waals surface area contributed by atoms with Gasteiger partial charge in [0.15, 0.2) is 0 Å². The van der Waals surface area contributed by atoms with Crippen molar-refractivity contribution < 1.29 is 8.42 Å². The van der Waals surface area contributed by atoms with Gasteiger partial charge in [0.25, 0.3) is 0 Å². The highest BCUT2D eigenvalue weighted by molar-refractivity contribution is 7.89. The Morgan fingerprint density at radius 2 is 1.62 bits per heavy atom. The molecule has 112 valence electrons. The van der Waals surface area contributed by atoms with Crippen LogP contribution in [0.3, 0.4) is 0 Å². The minimum absolute atomic E-state index is 0.262. The molecule has 0 saturated heterocycles. The van der Waals surface area contributed by atoms with Crippen LogP contribution in [0.4, 0.5) is 5.69 Å². The summed E-state index contributed by atoms with van der Waals surface area (Å²) in [5.74, 6) is 0. The normalized spacial score (nSPS) is 11.3. The van der Waals surface area contributed by atoms with Gasteiger partial charge in [-0.05, 0) is 48.4 Å². The van der Waals surface area contributed by atoms with Gasteiger partial charge in [-0.1, -0.05) is 23.7 Å². The van der Waals surface area contributed by atoms with Crippen molar-refractivity contribution in [3.05, 3.63) is 59.1 Å². The van der Waals surface area contributed by atoms with E-state index in [1.54, 1.807) is 43.4 Å². The summed E-state index contributed by atoms with van der Waals surface area (Å²) in [6.07, 6.45) is 0.616. The molecular formula is C15H17ClN2O2S. The molecule has 0 fully saturated rings. The van der Waals surface area contributed by atoms with Crippen LogP contribution in [0.2, 0.25) is 5.02 Å². The second-order valence-corrected chi connectivity index (χ2v) is 6.75. The first-order chi connectivity index (χ1) is 10.0. The molecule has 0 aliphatic carbocycles. The van der Waals surface area contributed by atoms with Gasteiger partial charge in [0.1, 0.15) is 0 Å². The number of benzene rings is 2. The Morgan fingerprint density at radius 3 is 2.19 bits per heavy atom. The Balaban J connectivity index is 1.95. The fraction of sp³-hybridized carbons (Fsp3) is 0.200. The summed E-state index contributed by atoms with van der Waals surface area (Å²) in [6, 6.07) is 14.0. The molecule has 2 rings (SSSR count). The largest absolute Gasteiger partial charge is 0.388 e. The molecule has 0 unspecified atom stereocenters. The summed E-state index contributed by atoms with van der Waals surface area (Å²) in [4.78, 5) is 0.262. The van der Waals surface area contributed by atoms with E-state index in [9.17, 15) is 8.42 Å². The molecule has 0 amide bonds. The number of hydrogen-bond acceptors (Lipinski definition) is 3. The van der Waals surface area contributed by atoms with Crippen molar-refractivity contribution in [3.63, 3.8) is 0 Å². The molecule has 0 radical (unpaired) electrons. The van der Waals surface area contributed by atoms with E-state index in [1.165, 1.54) is 0 Å². The van der Waals surface area contributed by atoms with Crippen LogP contribution in [0.15, 0.2) is 53.4 Å². The van der Waals surface area contributed by atoms with Crippen LogP contribution in [-0.2, 0) is 16.4 Å². The SMILES string of the molecule is CNc1ccc(S(=O)(=O)NCCc2ccc(Cl)cc2)cc1. The second kappa shape index (κ2) is 6.93. The van der Waals surface area contributed by atoms with Crippen molar-refractivity contribution >= 4 is 27.3 Å². The fourth-order valence-corrected chi connectivity index (χ4v) is 3.02. The van der Waals surface area contributed by atoms with E-state index in [0.717, 1.165) is 11.3 Å². The van der Waals surface area contributed by atoms with Crippen molar-refractivity contribution in [2.24, 2.45) is 0 Å². The average molecular weight is 325 g/mol. The van der Waals surface area contributed by atoms with Gasteiger partial charge < -0.3 is 5.32 Å². The summed E-state index contributed by atoms with van der Waals surface area (Å²) in [7, 11) is -1.68. The lowest BCUT2D eigenvalue weighted by atomic mass is 10.2. The molecular weight excluding hydrogens is 308 g/mol. The number of anilines is 1. The molecule has 0 aliphatic rings. The van der Waals surface area contributed by atoms with E-state index >= 15 is 0 Å². The minimum Gasteiger partial charge on any atom is -0.388 e. The van der Waals surface area contributed by atoms with E-state index in [0.29, 0.717) is 18.0 Å². The maximum absolute atomic E-state index is 12.1. The van der Waals surface area contributed by atoms with Gasteiger partial charge in [0, 0.05) is 24.3 Å². The smallest absolute Gasteiger partial charge is 0.240 e. The third kappa shape index (κ3) is 4.46. The second-order valence-electron chi connectivity index (χ2n) is 4.55. The van der Waals surface area contributed by atoms with Crippen LogP contribution >= 0.6 is 11.6 Å². The van der Waals surface area contributed by atoms with Crippen LogP contribution in [0.5, 0.6) is 0 Å². The molecule has 0 heterocycles. The monoisotopic (exact) mass is 324 g/mol. The zero-order chi connectivity index (χ0) is 15.3. The lowest BCUT2D eigenvalue weighted by molar-refractivity contribution is 0.581. The van der Waals surface area contributed by atoms with Crippen molar-refractivity contribution in [2.75, 3.05) is 18.9 Å². The molecule has 4 nitrogen and oxygen atoms in total. The van der Waals surface area contributed by atoms with Crippen molar-refractivity contribution in [2.45, 2.75) is 11.3 Å². The van der Waals surface area contributed by atoms with Crippen LogP contribution in [0, 0.1) is 0 Å². The predicted molar refractivity (Wildman–Crippen MR) is 86.3 cm³/mol. The summed E-state index contributed by atoms with van der Waals surface area (Å²) < 4.78 is 26.8. The molecule has 6 heteroatoms. The molecule has 0 spiro atoms. The third-order valence-electron chi connectivity index (χ3n) is 3.07. The molecule has 0 aliphatic heterocycles. The number of hydrogen-bond donors (Lipinski definition) is 2. The Bertz CT molecular complexity index is 683. The first kappa shape index (κ1) is 15.8. The van der Waals surface area contributed by atoms with Gasteiger partial charge in [-0.25, -0.2) is 13.1 Å². The van der Waals surface area contributed by atoms with E-state index in [2.05, 4.69) is 10.0 Å². The third-order valence-corrected chi connectivity index (χ3v) is 4.80. The van der Waals surface area contributed by atoms with Gasteiger partial charge in [0.2, 0.25) is 10.0 Å². The molecule has 2 aromatic carbocycles. The lowest BCUT2D eigenvalue weighted by Gasteiger charge is -2.08. The van der Waals surface area contributed by atoms with Crippen LogP contribution in [0.25, 0.3) is 0 Å². The first-order valence-electron chi connectivity index (χ1n) is 6.53. The standard InChI is InChI=1S/C15H17ClN2O2S/c1-17-14-6-8-15(9-7-14)21(19,20)18-11-10-12-2-4-13(16)5-3-12/h2-9,17-18H,10-11H2,1H3. The molecule has 2 aromatic rings. The van der Waals surface area contributed by atoms with Gasteiger partial charge >= 0.3 is 0 Å². The fourth-order valence-electron chi connectivity index (χ4n) is 1.86. The van der Waals surface area contributed by atoms with Gasteiger partial charge in [0.05, 0.1) is 4.90 Å².